The second-order valence-electron chi connectivity index (χ2n) is 7.00. The first-order valence-corrected chi connectivity index (χ1v) is 9.62. The van der Waals surface area contributed by atoms with E-state index in [4.69, 9.17) is 0 Å². The molecular weight excluding hydrogens is 346 g/mol. The molecule has 1 aromatic heterocycles. The van der Waals surface area contributed by atoms with Gasteiger partial charge in [-0.05, 0) is 38.0 Å². The van der Waals surface area contributed by atoms with Gasteiger partial charge in [0.1, 0.15) is 0 Å². The molecule has 0 radical (unpaired) electrons. The van der Waals surface area contributed by atoms with Gasteiger partial charge < -0.3 is 10.2 Å². The Balaban J connectivity index is 0.00000169. The zero-order valence-corrected chi connectivity index (χ0v) is 15.3. The Morgan fingerprint density at radius 2 is 2.04 bits per heavy atom. The molecule has 0 spiro atoms. The fraction of sp³-hybridized carbons (Fsp3) is 0.706. The monoisotopic (exact) mass is 369 g/mol. The van der Waals surface area contributed by atoms with E-state index in [1.54, 1.807) is 6.20 Å². The van der Waals surface area contributed by atoms with E-state index < -0.39 is 0 Å². The number of amides is 1. The predicted molar refractivity (Wildman–Crippen MR) is 95.7 cm³/mol. The number of thiazole rings is 1. The number of likely N-dealkylation sites (tertiary alicyclic amines) is 1. The van der Waals surface area contributed by atoms with Crippen molar-refractivity contribution in [2.45, 2.75) is 63.1 Å². The van der Waals surface area contributed by atoms with Gasteiger partial charge in [-0.1, -0.05) is 12.8 Å². The third-order valence-corrected chi connectivity index (χ3v) is 6.43. The lowest BCUT2D eigenvalue weighted by molar-refractivity contribution is -0.133. The van der Waals surface area contributed by atoms with Crippen LogP contribution in [0, 0.1) is 5.92 Å². The van der Waals surface area contributed by atoms with Crippen LogP contribution in [-0.4, -0.2) is 46.2 Å². The fourth-order valence-electron chi connectivity index (χ4n) is 4.50. The molecule has 1 N–H and O–H groups in total. The first kappa shape index (κ1) is 17.8. The average Bonchev–Trinajstić information content (AvgIpc) is 3.32. The molecule has 3 heterocycles. The Labute approximate surface area is 152 Å². The van der Waals surface area contributed by atoms with Gasteiger partial charge in [0.25, 0.3) is 0 Å². The summed E-state index contributed by atoms with van der Waals surface area (Å²) in [5, 5.41) is 5.90. The highest BCUT2D eigenvalue weighted by atomic mass is 35.5. The Morgan fingerprint density at radius 1 is 1.21 bits per heavy atom. The molecule has 0 unspecified atom stereocenters. The highest BCUT2D eigenvalue weighted by molar-refractivity contribution is 7.11. The number of aromatic nitrogens is 1. The molecule has 4 rings (SSSR count). The predicted octanol–water partition coefficient (Wildman–Crippen LogP) is 2.66. The Bertz CT molecular complexity index is 581. The summed E-state index contributed by atoms with van der Waals surface area (Å²) in [6.07, 6.45) is 9.26. The topological polar surface area (TPSA) is 62.3 Å². The molecule has 0 aromatic carbocycles. The van der Waals surface area contributed by atoms with Crippen molar-refractivity contribution in [3.63, 3.8) is 0 Å². The van der Waals surface area contributed by atoms with E-state index in [0.29, 0.717) is 23.5 Å². The maximum absolute atomic E-state index is 13.0. The first-order valence-electron chi connectivity index (χ1n) is 8.74. The summed E-state index contributed by atoms with van der Waals surface area (Å²) < 4.78 is 0. The molecular formula is C17H24ClN3O2S. The largest absolute Gasteiger partial charge is 0.331 e. The summed E-state index contributed by atoms with van der Waals surface area (Å²) in [6, 6.07) is 0.110. The first-order chi connectivity index (χ1) is 11.2. The molecule has 0 bridgehead atoms. The lowest BCUT2D eigenvalue weighted by Crippen LogP contribution is -2.49. The number of carbonyl (C=O) groups is 2. The Morgan fingerprint density at radius 3 is 2.79 bits per heavy atom. The van der Waals surface area contributed by atoms with Crippen LogP contribution < -0.4 is 5.32 Å². The van der Waals surface area contributed by atoms with E-state index in [2.05, 4.69) is 10.3 Å². The second-order valence-corrected chi connectivity index (χ2v) is 7.89. The summed E-state index contributed by atoms with van der Waals surface area (Å²) in [4.78, 5) is 31.5. The van der Waals surface area contributed by atoms with Gasteiger partial charge in [0.05, 0.1) is 12.1 Å². The smallest absolute Gasteiger partial charge is 0.240 e. The molecule has 1 amide bonds. The molecule has 1 aromatic rings. The maximum atomic E-state index is 13.0. The summed E-state index contributed by atoms with van der Waals surface area (Å²) in [5.74, 6) is 0.793. The highest BCUT2D eigenvalue weighted by Gasteiger charge is 2.43. The Hall–Kier alpha value is -0.980. The van der Waals surface area contributed by atoms with Crippen LogP contribution in [0.3, 0.4) is 0 Å². The van der Waals surface area contributed by atoms with Gasteiger partial charge in [0, 0.05) is 24.2 Å². The lowest BCUT2D eigenvalue weighted by atomic mass is 9.85. The third-order valence-electron chi connectivity index (χ3n) is 5.64. The molecule has 5 nitrogen and oxygen atoms in total. The molecule has 7 heteroatoms. The van der Waals surface area contributed by atoms with Gasteiger partial charge in [-0.2, -0.15) is 0 Å². The van der Waals surface area contributed by atoms with Crippen LogP contribution in [0.15, 0.2) is 11.6 Å². The SMILES string of the molecule is Cl.O=C(c1nccs1)[C@@H]1CCCN1C(=O)[C@@H]1C[C@@H]2CCCC[C@@H]2N1. The number of nitrogens with one attached hydrogen (secondary N) is 1. The van der Waals surface area contributed by atoms with E-state index >= 15 is 0 Å². The normalized spacial score (nSPS) is 32.2. The number of hydrogen-bond donors (Lipinski definition) is 1. The lowest BCUT2D eigenvalue weighted by Gasteiger charge is -2.26. The van der Waals surface area contributed by atoms with E-state index in [-0.39, 0.29) is 36.2 Å². The standard InChI is InChI=1S/C17H23N3O2S.ClH/c21-15(16-18-7-9-23-16)14-6-3-8-20(14)17(22)13-10-11-4-1-2-5-12(11)19-13;/h7,9,11-14,19H,1-6,8,10H2;1H/t11-,12-,13-,14-;/m0./s1. The van der Waals surface area contributed by atoms with Crippen molar-refractivity contribution in [3.8, 4) is 0 Å². The van der Waals surface area contributed by atoms with Gasteiger partial charge in [-0.25, -0.2) is 4.98 Å². The van der Waals surface area contributed by atoms with Gasteiger partial charge in [-0.3, -0.25) is 9.59 Å². The number of Topliss-reactive ketones (excluding diaryl/α,β-unsaturated/α-hetero) is 1. The molecule has 2 aliphatic heterocycles. The van der Waals surface area contributed by atoms with Crippen LogP contribution in [0.5, 0.6) is 0 Å². The second kappa shape index (κ2) is 7.50. The van der Waals surface area contributed by atoms with E-state index in [0.717, 1.165) is 19.3 Å². The van der Waals surface area contributed by atoms with Crippen molar-refractivity contribution in [1.82, 2.24) is 15.2 Å². The number of carbonyl (C=O) groups excluding carboxylic acids is 2. The van der Waals surface area contributed by atoms with Crippen LogP contribution in [-0.2, 0) is 4.79 Å². The summed E-state index contributed by atoms with van der Waals surface area (Å²) in [6.45, 7) is 0.703. The molecule has 24 heavy (non-hydrogen) atoms. The number of nitrogens with zero attached hydrogens (tertiary/aromatic N) is 2. The quantitative estimate of drug-likeness (QED) is 0.832. The zero-order valence-electron chi connectivity index (χ0n) is 13.6. The van der Waals surface area contributed by atoms with E-state index in [1.807, 2.05) is 10.3 Å². The van der Waals surface area contributed by atoms with Crippen LogP contribution in [0.4, 0.5) is 0 Å². The number of halogens is 1. The molecule has 1 aliphatic carbocycles. The molecule has 3 fully saturated rings. The average molecular weight is 370 g/mol. The fourth-order valence-corrected chi connectivity index (χ4v) is 5.13. The van der Waals surface area contributed by atoms with E-state index in [1.165, 1.54) is 37.0 Å². The van der Waals surface area contributed by atoms with Crippen LogP contribution in [0.2, 0.25) is 0 Å². The minimum atomic E-state index is -0.307. The van der Waals surface area contributed by atoms with Crippen LogP contribution in [0.1, 0.15) is 54.7 Å². The molecule has 2 saturated heterocycles. The molecule has 132 valence electrons. The number of fused-ring (bicyclic) bond motifs is 1. The van der Waals surface area contributed by atoms with Crippen molar-refractivity contribution in [1.29, 1.82) is 0 Å². The molecule has 3 aliphatic rings. The van der Waals surface area contributed by atoms with Crippen LogP contribution in [0.25, 0.3) is 0 Å². The minimum absolute atomic E-state index is 0. The van der Waals surface area contributed by atoms with Gasteiger partial charge >= 0.3 is 0 Å². The van der Waals surface area contributed by atoms with E-state index in [9.17, 15) is 9.59 Å². The number of hydrogen-bond acceptors (Lipinski definition) is 5. The number of rotatable bonds is 3. The maximum Gasteiger partial charge on any atom is 0.240 e. The third kappa shape index (κ3) is 3.24. The van der Waals surface area contributed by atoms with Gasteiger partial charge in [-0.15, -0.1) is 23.7 Å². The molecule has 1 saturated carbocycles. The van der Waals surface area contributed by atoms with Crippen molar-refractivity contribution >= 4 is 35.4 Å². The van der Waals surface area contributed by atoms with Crippen molar-refractivity contribution in [2.24, 2.45) is 5.92 Å². The van der Waals surface area contributed by atoms with Crippen molar-refractivity contribution < 1.29 is 9.59 Å². The van der Waals surface area contributed by atoms with Crippen LogP contribution >= 0.6 is 23.7 Å². The summed E-state index contributed by atoms with van der Waals surface area (Å²) in [5.41, 5.74) is 0. The summed E-state index contributed by atoms with van der Waals surface area (Å²) >= 11 is 1.37. The Kier molecular flexibility index (Phi) is 5.57. The highest BCUT2D eigenvalue weighted by Crippen LogP contribution is 2.34. The van der Waals surface area contributed by atoms with Crippen molar-refractivity contribution in [2.75, 3.05) is 6.54 Å². The van der Waals surface area contributed by atoms with Gasteiger partial charge in [0.2, 0.25) is 11.7 Å². The van der Waals surface area contributed by atoms with Crippen molar-refractivity contribution in [3.05, 3.63) is 16.6 Å². The van der Waals surface area contributed by atoms with Gasteiger partial charge in [0.15, 0.2) is 5.01 Å². The zero-order chi connectivity index (χ0) is 15.8. The number of ketones is 1. The summed E-state index contributed by atoms with van der Waals surface area (Å²) in [7, 11) is 0. The molecule has 4 atom stereocenters. The minimum Gasteiger partial charge on any atom is -0.331 e.